The molecule has 0 aliphatic heterocycles. The highest BCUT2D eigenvalue weighted by atomic mass is 16.2. The molecule has 0 spiro atoms. The maximum Gasteiger partial charge on any atom is 0.245 e. The average molecular weight is 136 g/mol. The Balaban J connectivity index is 2.95. The molecule has 0 fully saturated rings. The standard InChI is InChI=1S/C6H4N2O2/c9-4-6(10)5-2-1-3-7-8-5/h1-4H. The summed E-state index contributed by atoms with van der Waals surface area (Å²) in [4.78, 5) is 20.4. The molecule has 0 unspecified atom stereocenters. The van der Waals surface area contributed by atoms with E-state index in [1.54, 1.807) is 6.07 Å². The van der Waals surface area contributed by atoms with Gasteiger partial charge < -0.3 is 0 Å². The van der Waals surface area contributed by atoms with E-state index in [2.05, 4.69) is 10.2 Å². The lowest BCUT2D eigenvalue weighted by molar-refractivity contribution is -0.104. The Kier molecular flexibility index (Phi) is 1.84. The van der Waals surface area contributed by atoms with Gasteiger partial charge in [0.25, 0.3) is 0 Å². The lowest BCUT2D eigenvalue weighted by Crippen LogP contribution is -2.03. The molecule has 0 aliphatic carbocycles. The molecule has 0 radical (unpaired) electrons. The third-order valence-corrected chi connectivity index (χ3v) is 0.932. The first-order chi connectivity index (χ1) is 4.84. The number of hydrogen-bond donors (Lipinski definition) is 0. The van der Waals surface area contributed by atoms with E-state index in [1.807, 2.05) is 0 Å². The Bertz CT molecular complexity index is 245. The van der Waals surface area contributed by atoms with Crippen molar-refractivity contribution in [3.05, 3.63) is 24.0 Å². The summed E-state index contributed by atoms with van der Waals surface area (Å²) in [5, 5.41) is 6.84. The molecule has 0 N–H and O–H groups in total. The number of rotatable bonds is 2. The minimum Gasteiger partial charge on any atom is -0.294 e. The van der Waals surface area contributed by atoms with E-state index in [9.17, 15) is 9.59 Å². The van der Waals surface area contributed by atoms with E-state index in [4.69, 9.17) is 0 Å². The lowest BCUT2D eigenvalue weighted by atomic mass is 10.3. The zero-order valence-corrected chi connectivity index (χ0v) is 5.02. The summed E-state index contributed by atoms with van der Waals surface area (Å²) in [6.07, 6.45) is 1.64. The van der Waals surface area contributed by atoms with Crippen LogP contribution in [-0.4, -0.2) is 22.3 Å². The van der Waals surface area contributed by atoms with E-state index in [1.165, 1.54) is 12.3 Å². The fourth-order valence-corrected chi connectivity index (χ4v) is 0.493. The van der Waals surface area contributed by atoms with Crippen molar-refractivity contribution in [1.82, 2.24) is 10.2 Å². The van der Waals surface area contributed by atoms with Crippen LogP contribution in [0.4, 0.5) is 0 Å². The SMILES string of the molecule is O=CC(=O)c1cccnn1. The number of Topliss-reactive ketones (excluding diaryl/α,β-unsaturated/α-hetero) is 1. The van der Waals surface area contributed by atoms with E-state index in [0.717, 1.165) is 0 Å². The van der Waals surface area contributed by atoms with Crippen LogP contribution in [0.25, 0.3) is 0 Å². The summed E-state index contributed by atoms with van der Waals surface area (Å²) in [5.41, 5.74) is 0.0810. The summed E-state index contributed by atoms with van der Waals surface area (Å²) in [6, 6.07) is 2.98. The molecule has 0 saturated heterocycles. The van der Waals surface area contributed by atoms with Gasteiger partial charge in [-0.3, -0.25) is 9.59 Å². The molecule has 0 saturated carbocycles. The Labute approximate surface area is 56.9 Å². The molecule has 4 heteroatoms. The van der Waals surface area contributed by atoms with Crippen LogP contribution in [0.5, 0.6) is 0 Å². The highest BCUT2D eigenvalue weighted by Crippen LogP contribution is 1.88. The molecule has 1 heterocycles. The summed E-state index contributed by atoms with van der Waals surface area (Å²) >= 11 is 0. The minimum absolute atomic E-state index is 0.0810. The lowest BCUT2D eigenvalue weighted by Gasteiger charge is -1.86. The number of ketones is 1. The molecule has 10 heavy (non-hydrogen) atoms. The van der Waals surface area contributed by atoms with Crippen molar-refractivity contribution >= 4 is 12.1 Å². The molecular formula is C6H4N2O2. The van der Waals surface area contributed by atoms with Crippen molar-refractivity contribution < 1.29 is 9.59 Å². The molecule has 0 bridgehead atoms. The molecule has 1 rings (SSSR count). The highest BCUT2D eigenvalue weighted by molar-refractivity contribution is 6.32. The summed E-state index contributed by atoms with van der Waals surface area (Å²) in [6.45, 7) is 0. The Morgan fingerprint density at radius 3 is 2.90 bits per heavy atom. The zero-order valence-electron chi connectivity index (χ0n) is 5.02. The van der Waals surface area contributed by atoms with Gasteiger partial charge in [0.1, 0.15) is 5.69 Å². The number of carbonyl (C=O) groups excluding carboxylic acids is 2. The minimum atomic E-state index is -0.645. The van der Waals surface area contributed by atoms with Crippen LogP contribution >= 0.6 is 0 Å². The second kappa shape index (κ2) is 2.82. The van der Waals surface area contributed by atoms with E-state index < -0.39 is 5.78 Å². The fraction of sp³-hybridized carbons (Fsp3) is 0. The smallest absolute Gasteiger partial charge is 0.245 e. The number of nitrogens with zero attached hydrogens (tertiary/aromatic N) is 2. The van der Waals surface area contributed by atoms with Gasteiger partial charge in [0.2, 0.25) is 5.78 Å². The third-order valence-electron chi connectivity index (χ3n) is 0.932. The largest absolute Gasteiger partial charge is 0.294 e. The molecule has 1 aromatic heterocycles. The molecule has 0 atom stereocenters. The first-order valence-electron chi connectivity index (χ1n) is 2.62. The quantitative estimate of drug-likeness (QED) is 0.322. The van der Waals surface area contributed by atoms with Crippen LogP contribution < -0.4 is 0 Å². The summed E-state index contributed by atoms with van der Waals surface area (Å²) in [5.74, 6) is -0.645. The molecule has 4 nitrogen and oxygen atoms in total. The third kappa shape index (κ3) is 1.22. The van der Waals surface area contributed by atoms with E-state index in [-0.39, 0.29) is 12.0 Å². The average Bonchev–Trinajstić information content (AvgIpc) is 2.05. The van der Waals surface area contributed by atoms with Gasteiger partial charge in [-0.1, -0.05) is 0 Å². The maximum absolute atomic E-state index is 10.5. The number of aldehydes is 1. The van der Waals surface area contributed by atoms with Gasteiger partial charge in [0, 0.05) is 6.20 Å². The second-order valence-electron chi connectivity index (χ2n) is 1.59. The molecule has 0 aromatic carbocycles. The van der Waals surface area contributed by atoms with Crippen molar-refractivity contribution in [2.75, 3.05) is 0 Å². The van der Waals surface area contributed by atoms with Gasteiger partial charge in [-0.05, 0) is 12.1 Å². The number of carbonyl (C=O) groups is 2. The normalized spacial score (nSPS) is 8.80. The second-order valence-corrected chi connectivity index (χ2v) is 1.59. The Morgan fingerprint density at radius 1 is 1.60 bits per heavy atom. The molecule has 0 amide bonds. The summed E-state index contributed by atoms with van der Waals surface area (Å²) < 4.78 is 0. The van der Waals surface area contributed by atoms with E-state index in [0.29, 0.717) is 0 Å². The predicted octanol–water partition coefficient (Wildman–Crippen LogP) is -0.142. The zero-order chi connectivity index (χ0) is 7.40. The molecule has 50 valence electrons. The maximum atomic E-state index is 10.5. The van der Waals surface area contributed by atoms with Crippen molar-refractivity contribution in [1.29, 1.82) is 0 Å². The topological polar surface area (TPSA) is 59.9 Å². The van der Waals surface area contributed by atoms with Crippen molar-refractivity contribution in [3.8, 4) is 0 Å². The van der Waals surface area contributed by atoms with Crippen LogP contribution in [0, 0.1) is 0 Å². The van der Waals surface area contributed by atoms with Crippen LogP contribution in [0.2, 0.25) is 0 Å². The Morgan fingerprint density at radius 2 is 2.40 bits per heavy atom. The first kappa shape index (κ1) is 6.54. The van der Waals surface area contributed by atoms with Crippen LogP contribution in [-0.2, 0) is 4.79 Å². The van der Waals surface area contributed by atoms with Gasteiger partial charge in [-0.25, -0.2) is 0 Å². The van der Waals surface area contributed by atoms with Crippen molar-refractivity contribution in [2.24, 2.45) is 0 Å². The predicted molar refractivity (Wildman–Crippen MR) is 32.4 cm³/mol. The number of hydrogen-bond acceptors (Lipinski definition) is 4. The molecular weight excluding hydrogens is 132 g/mol. The monoisotopic (exact) mass is 136 g/mol. The van der Waals surface area contributed by atoms with Gasteiger partial charge in [0.05, 0.1) is 0 Å². The van der Waals surface area contributed by atoms with Gasteiger partial charge in [0.15, 0.2) is 6.29 Å². The molecule has 1 aromatic rings. The van der Waals surface area contributed by atoms with Crippen LogP contribution in [0.15, 0.2) is 18.3 Å². The fourth-order valence-electron chi connectivity index (χ4n) is 0.493. The van der Waals surface area contributed by atoms with Gasteiger partial charge in [-0.2, -0.15) is 5.10 Å². The van der Waals surface area contributed by atoms with Crippen LogP contribution in [0.1, 0.15) is 10.5 Å². The first-order valence-corrected chi connectivity index (χ1v) is 2.62. The van der Waals surface area contributed by atoms with Crippen molar-refractivity contribution in [3.63, 3.8) is 0 Å². The van der Waals surface area contributed by atoms with Crippen molar-refractivity contribution in [2.45, 2.75) is 0 Å². The highest BCUT2D eigenvalue weighted by Gasteiger charge is 2.02. The van der Waals surface area contributed by atoms with Crippen LogP contribution in [0.3, 0.4) is 0 Å². The van der Waals surface area contributed by atoms with Gasteiger partial charge >= 0.3 is 0 Å². The van der Waals surface area contributed by atoms with Gasteiger partial charge in [-0.15, -0.1) is 5.10 Å². The molecule has 0 aliphatic rings. The number of aromatic nitrogens is 2. The Hall–Kier alpha value is -1.58. The van der Waals surface area contributed by atoms with E-state index >= 15 is 0 Å². The summed E-state index contributed by atoms with van der Waals surface area (Å²) in [7, 11) is 0.